The Balaban J connectivity index is 1.92. The van der Waals surface area contributed by atoms with Crippen LogP contribution in [0.15, 0.2) is 0 Å². The Morgan fingerprint density at radius 2 is 2.07 bits per heavy atom. The molecule has 14 heavy (non-hydrogen) atoms. The van der Waals surface area contributed by atoms with Crippen LogP contribution in [0.3, 0.4) is 0 Å². The first-order valence-corrected chi connectivity index (χ1v) is 6.27. The maximum Gasteiger partial charge on any atom is 0.0221 e. The summed E-state index contributed by atoms with van der Waals surface area (Å²) >= 11 is 0. The van der Waals surface area contributed by atoms with Crippen LogP contribution in [0, 0.1) is 5.92 Å². The maximum atomic E-state index is 5.82. The highest BCUT2D eigenvalue weighted by atomic mass is 15.2. The van der Waals surface area contributed by atoms with Crippen molar-refractivity contribution >= 4 is 0 Å². The van der Waals surface area contributed by atoms with Crippen molar-refractivity contribution in [3.63, 3.8) is 0 Å². The monoisotopic (exact) mass is 196 g/mol. The van der Waals surface area contributed by atoms with Gasteiger partial charge in [-0.05, 0) is 38.1 Å². The van der Waals surface area contributed by atoms with Crippen molar-refractivity contribution in [1.82, 2.24) is 4.90 Å². The number of hydrogen-bond acceptors (Lipinski definition) is 2. The summed E-state index contributed by atoms with van der Waals surface area (Å²) in [6, 6.07) is 1.56. The molecule has 1 saturated carbocycles. The summed E-state index contributed by atoms with van der Waals surface area (Å²) in [5, 5.41) is 0. The molecule has 2 aliphatic rings. The lowest BCUT2D eigenvalue weighted by molar-refractivity contribution is 0.125. The van der Waals surface area contributed by atoms with E-state index in [2.05, 4.69) is 11.8 Å². The number of hydrogen-bond donors (Lipinski definition) is 1. The molecule has 0 aromatic rings. The summed E-state index contributed by atoms with van der Waals surface area (Å²) in [5.74, 6) is 0.938. The summed E-state index contributed by atoms with van der Waals surface area (Å²) in [4.78, 5) is 2.70. The average Bonchev–Trinajstić information content (AvgIpc) is 2.65. The van der Waals surface area contributed by atoms with Crippen LogP contribution in [0.4, 0.5) is 0 Å². The lowest BCUT2D eigenvalue weighted by Gasteiger charge is -2.37. The fraction of sp³-hybridized carbons (Fsp3) is 1.00. The Morgan fingerprint density at radius 3 is 2.79 bits per heavy atom. The molecular weight excluding hydrogens is 172 g/mol. The molecule has 2 heteroatoms. The number of nitrogens with two attached hydrogens (primary N) is 1. The van der Waals surface area contributed by atoms with Crippen LogP contribution < -0.4 is 5.73 Å². The highest BCUT2D eigenvalue weighted by Gasteiger charge is 2.31. The highest BCUT2D eigenvalue weighted by Crippen LogP contribution is 2.31. The van der Waals surface area contributed by atoms with Crippen molar-refractivity contribution in [2.24, 2.45) is 11.7 Å². The lowest BCUT2D eigenvalue weighted by Crippen LogP contribution is -2.44. The predicted octanol–water partition coefficient (Wildman–Crippen LogP) is 1.99. The molecule has 3 unspecified atom stereocenters. The number of rotatable bonds is 2. The van der Waals surface area contributed by atoms with Gasteiger partial charge in [-0.3, -0.25) is 4.90 Å². The SMILES string of the molecule is CC1CCCC(N2CCCC2CN)C1. The molecule has 1 saturated heterocycles. The van der Waals surface area contributed by atoms with Gasteiger partial charge in [0.2, 0.25) is 0 Å². The van der Waals surface area contributed by atoms with Gasteiger partial charge in [0, 0.05) is 18.6 Å². The van der Waals surface area contributed by atoms with Crippen molar-refractivity contribution in [2.75, 3.05) is 13.1 Å². The van der Waals surface area contributed by atoms with Crippen LogP contribution in [-0.4, -0.2) is 30.1 Å². The first-order valence-electron chi connectivity index (χ1n) is 6.27. The van der Waals surface area contributed by atoms with Crippen molar-refractivity contribution < 1.29 is 0 Å². The van der Waals surface area contributed by atoms with Crippen LogP contribution in [0.5, 0.6) is 0 Å². The first-order chi connectivity index (χ1) is 6.81. The molecule has 0 radical (unpaired) electrons. The van der Waals surface area contributed by atoms with Crippen LogP contribution in [0.2, 0.25) is 0 Å². The normalized spacial score (nSPS) is 40.3. The standard InChI is InChI=1S/C12H24N2/c1-10-4-2-5-11(8-10)14-7-3-6-12(14)9-13/h10-12H,2-9,13H2,1H3. The number of nitrogens with zero attached hydrogens (tertiary/aromatic N) is 1. The number of likely N-dealkylation sites (tertiary alicyclic amines) is 1. The average molecular weight is 196 g/mol. The van der Waals surface area contributed by atoms with Gasteiger partial charge in [0.25, 0.3) is 0 Å². The minimum Gasteiger partial charge on any atom is -0.329 e. The van der Waals surface area contributed by atoms with E-state index in [-0.39, 0.29) is 0 Å². The molecule has 0 aromatic carbocycles. The Kier molecular flexibility index (Phi) is 3.45. The van der Waals surface area contributed by atoms with Crippen LogP contribution >= 0.6 is 0 Å². The summed E-state index contributed by atoms with van der Waals surface area (Å²) in [6.45, 7) is 4.57. The molecule has 2 N–H and O–H groups in total. The zero-order valence-corrected chi connectivity index (χ0v) is 9.41. The van der Waals surface area contributed by atoms with E-state index in [1.807, 2.05) is 0 Å². The molecule has 2 rings (SSSR count). The zero-order chi connectivity index (χ0) is 9.97. The minimum atomic E-state index is 0.699. The topological polar surface area (TPSA) is 29.3 Å². The molecule has 0 bridgehead atoms. The van der Waals surface area contributed by atoms with Gasteiger partial charge in [-0.1, -0.05) is 19.8 Å². The second kappa shape index (κ2) is 4.63. The third-order valence-corrected chi connectivity index (χ3v) is 4.07. The molecule has 1 heterocycles. The molecule has 82 valence electrons. The highest BCUT2D eigenvalue weighted by molar-refractivity contribution is 4.87. The third-order valence-electron chi connectivity index (χ3n) is 4.07. The Hall–Kier alpha value is -0.0800. The quantitative estimate of drug-likeness (QED) is 0.732. The van der Waals surface area contributed by atoms with Crippen molar-refractivity contribution in [1.29, 1.82) is 0 Å². The molecule has 2 fully saturated rings. The van der Waals surface area contributed by atoms with Crippen molar-refractivity contribution in [3.05, 3.63) is 0 Å². The molecule has 1 aliphatic heterocycles. The molecule has 1 aliphatic carbocycles. The first kappa shape index (κ1) is 10.4. The zero-order valence-electron chi connectivity index (χ0n) is 9.41. The van der Waals surface area contributed by atoms with Gasteiger partial charge in [-0.15, -0.1) is 0 Å². The fourth-order valence-electron chi connectivity index (χ4n) is 3.30. The molecule has 2 nitrogen and oxygen atoms in total. The van der Waals surface area contributed by atoms with E-state index in [0.29, 0.717) is 6.04 Å². The molecular formula is C12H24N2. The smallest absolute Gasteiger partial charge is 0.0221 e. The summed E-state index contributed by atoms with van der Waals surface area (Å²) in [5.41, 5.74) is 5.82. The molecule has 0 aromatic heterocycles. The Morgan fingerprint density at radius 1 is 1.21 bits per heavy atom. The lowest BCUT2D eigenvalue weighted by atomic mass is 9.86. The van der Waals surface area contributed by atoms with E-state index in [9.17, 15) is 0 Å². The van der Waals surface area contributed by atoms with E-state index in [4.69, 9.17) is 5.73 Å². The van der Waals surface area contributed by atoms with Gasteiger partial charge in [0.15, 0.2) is 0 Å². The van der Waals surface area contributed by atoms with Crippen LogP contribution in [0.1, 0.15) is 45.4 Å². The summed E-state index contributed by atoms with van der Waals surface area (Å²) in [7, 11) is 0. The second-order valence-corrected chi connectivity index (χ2v) is 5.20. The van der Waals surface area contributed by atoms with Crippen molar-refractivity contribution in [3.8, 4) is 0 Å². The van der Waals surface area contributed by atoms with E-state index < -0.39 is 0 Å². The fourth-order valence-corrected chi connectivity index (χ4v) is 3.30. The van der Waals surface area contributed by atoms with Gasteiger partial charge < -0.3 is 5.73 Å². The van der Waals surface area contributed by atoms with Crippen LogP contribution in [-0.2, 0) is 0 Å². The molecule has 0 spiro atoms. The Bertz CT molecular complexity index is 181. The molecule has 3 atom stereocenters. The largest absolute Gasteiger partial charge is 0.329 e. The van der Waals surface area contributed by atoms with Gasteiger partial charge >= 0.3 is 0 Å². The van der Waals surface area contributed by atoms with Gasteiger partial charge in [-0.2, -0.15) is 0 Å². The van der Waals surface area contributed by atoms with E-state index in [0.717, 1.165) is 18.5 Å². The second-order valence-electron chi connectivity index (χ2n) is 5.20. The minimum absolute atomic E-state index is 0.699. The van der Waals surface area contributed by atoms with E-state index in [1.54, 1.807) is 0 Å². The third kappa shape index (κ3) is 2.12. The Labute approximate surface area is 87.8 Å². The van der Waals surface area contributed by atoms with Gasteiger partial charge in [0.05, 0.1) is 0 Å². The van der Waals surface area contributed by atoms with E-state index in [1.165, 1.54) is 45.1 Å². The molecule has 0 amide bonds. The summed E-state index contributed by atoms with van der Waals surface area (Å²) in [6.07, 6.45) is 8.41. The van der Waals surface area contributed by atoms with Crippen LogP contribution in [0.25, 0.3) is 0 Å². The van der Waals surface area contributed by atoms with Crippen molar-refractivity contribution in [2.45, 2.75) is 57.5 Å². The van der Waals surface area contributed by atoms with Gasteiger partial charge in [0.1, 0.15) is 0 Å². The van der Waals surface area contributed by atoms with Gasteiger partial charge in [-0.25, -0.2) is 0 Å². The maximum absolute atomic E-state index is 5.82. The van der Waals surface area contributed by atoms with E-state index >= 15 is 0 Å². The predicted molar refractivity (Wildman–Crippen MR) is 60.2 cm³/mol. The summed E-state index contributed by atoms with van der Waals surface area (Å²) < 4.78 is 0.